The van der Waals surface area contributed by atoms with Crippen LogP contribution < -0.4 is 5.32 Å². The van der Waals surface area contributed by atoms with Gasteiger partial charge in [-0.15, -0.1) is 0 Å². The fourth-order valence-electron chi connectivity index (χ4n) is 1.89. The second-order valence-electron chi connectivity index (χ2n) is 4.71. The molecule has 1 aromatic heterocycles. The van der Waals surface area contributed by atoms with E-state index in [2.05, 4.69) is 10.4 Å². The Bertz CT molecular complexity index is 543. The molecule has 1 aromatic carbocycles. The molecular formula is C14H15N3O. The average Bonchev–Trinajstić information content (AvgIpc) is 3.10. The quantitative estimate of drug-likeness (QED) is 0.894. The number of hydrogen-bond acceptors (Lipinski definition) is 2. The van der Waals surface area contributed by atoms with E-state index < -0.39 is 0 Å². The maximum Gasteiger partial charge on any atom is 0.255 e. The Morgan fingerprint density at radius 1 is 1.33 bits per heavy atom. The summed E-state index contributed by atoms with van der Waals surface area (Å²) in [6.07, 6.45) is 6.18. The van der Waals surface area contributed by atoms with E-state index in [9.17, 15) is 4.79 Å². The number of aromatic nitrogens is 2. The highest BCUT2D eigenvalue weighted by molar-refractivity contribution is 6.04. The van der Waals surface area contributed by atoms with Crippen molar-refractivity contribution in [1.82, 2.24) is 9.78 Å². The first-order chi connectivity index (χ1) is 8.81. The minimum atomic E-state index is -0.0958. The first-order valence-corrected chi connectivity index (χ1v) is 6.20. The summed E-state index contributed by atoms with van der Waals surface area (Å²) in [4.78, 5) is 11.9. The number of anilines is 1. The molecule has 0 radical (unpaired) electrons. The summed E-state index contributed by atoms with van der Waals surface area (Å²) in [5, 5.41) is 7.09. The number of nitrogens with one attached hydrogen (secondary N) is 1. The molecule has 18 heavy (non-hydrogen) atoms. The molecule has 0 spiro atoms. The van der Waals surface area contributed by atoms with Crippen molar-refractivity contribution >= 4 is 11.6 Å². The number of carbonyl (C=O) groups is 1. The maximum atomic E-state index is 11.9. The van der Waals surface area contributed by atoms with Gasteiger partial charge in [0, 0.05) is 18.3 Å². The van der Waals surface area contributed by atoms with Crippen LogP contribution in [0.5, 0.6) is 0 Å². The molecule has 0 aliphatic heterocycles. The lowest BCUT2D eigenvalue weighted by atomic mass is 10.2. The topological polar surface area (TPSA) is 46.9 Å². The van der Waals surface area contributed by atoms with Crippen molar-refractivity contribution in [2.75, 3.05) is 5.32 Å². The molecule has 1 N–H and O–H groups in total. The van der Waals surface area contributed by atoms with E-state index in [1.165, 1.54) is 12.8 Å². The average molecular weight is 241 g/mol. The summed E-state index contributed by atoms with van der Waals surface area (Å²) in [7, 11) is 0. The Morgan fingerprint density at radius 2 is 2.11 bits per heavy atom. The minimum Gasteiger partial charge on any atom is -0.319 e. The van der Waals surface area contributed by atoms with E-state index >= 15 is 0 Å². The van der Waals surface area contributed by atoms with Crippen molar-refractivity contribution in [2.24, 2.45) is 5.92 Å². The molecule has 92 valence electrons. The molecule has 1 heterocycles. The van der Waals surface area contributed by atoms with E-state index in [0.29, 0.717) is 5.56 Å². The molecule has 1 aliphatic rings. The van der Waals surface area contributed by atoms with Crippen LogP contribution in [0.4, 0.5) is 5.69 Å². The molecule has 4 heteroatoms. The Kier molecular flexibility index (Phi) is 2.84. The van der Waals surface area contributed by atoms with Crippen molar-refractivity contribution in [3.05, 3.63) is 48.3 Å². The van der Waals surface area contributed by atoms with Gasteiger partial charge in [0.15, 0.2) is 0 Å². The molecule has 1 saturated carbocycles. The van der Waals surface area contributed by atoms with Crippen LogP contribution >= 0.6 is 0 Å². The lowest BCUT2D eigenvalue weighted by Crippen LogP contribution is -2.11. The summed E-state index contributed by atoms with van der Waals surface area (Å²) in [5.74, 6) is 0.684. The normalized spacial score (nSPS) is 14.4. The second kappa shape index (κ2) is 4.64. The summed E-state index contributed by atoms with van der Waals surface area (Å²) < 4.78 is 1.90. The van der Waals surface area contributed by atoms with Crippen LogP contribution in [0.3, 0.4) is 0 Å². The SMILES string of the molecule is O=C(Nc1cnn(CC2CC2)c1)c1ccccc1. The Labute approximate surface area is 106 Å². The molecule has 3 rings (SSSR count). The van der Waals surface area contributed by atoms with Gasteiger partial charge in [-0.2, -0.15) is 5.10 Å². The zero-order valence-electron chi connectivity index (χ0n) is 10.0. The van der Waals surface area contributed by atoms with E-state index in [1.807, 2.05) is 29.1 Å². The summed E-state index contributed by atoms with van der Waals surface area (Å²) in [6, 6.07) is 9.19. The smallest absolute Gasteiger partial charge is 0.255 e. The van der Waals surface area contributed by atoms with Crippen LogP contribution in [0.15, 0.2) is 42.7 Å². The Balaban J connectivity index is 1.65. The van der Waals surface area contributed by atoms with Gasteiger partial charge in [-0.3, -0.25) is 9.48 Å². The monoisotopic (exact) mass is 241 g/mol. The third kappa shape index (κ3) is 2.59. The predicted molar refractivity (Wildman–Crippen MR) is 69.3 cm³/mol. The van der Waals surface area contributed by atoms with Crippen LogP contribution in [0, 0.1) is 5.92 Å². The lowest BCUT2D eigenvalue weighted by Gasteiger charge is -2.01. The molecule has 1 amide bonds. The van der Waals surface area contributed by atoms with Gasteiger partial charge >= 0.3 is 0 Å². The third-order valence-corrected chi connectivity index (χ3v) is 3.07. The number of hydrogen-bond donors (Lipinski definition) is 1. The van der Waals surface area contributed by atoms with Crippen molar-refractivity contribution in [3.63, 3.8) is 0 Å². The molecule has 0 unspecified atom stereocenters. The summed E-state index contributed by atoms with van der Waals surface area (Å²) in [6.45, 7) is 0.960. The van der Waals surface area contributed by atoms with Crippen molar-refractivity contribution in [2.45, 2.75) is 19.4 Å². The van der Waals surface area contributed by atoms with Crippen LogP contribution in [0.2, 0.25) is 0 Å². The van der Waals surface area contributed by atoms with Gasteiger partial charge in [-0.1, -0.05) is 18.2 Å². The predicted octanol–water partition coefficient (Wildman–Crippen LogP) is 2.55. The standard InChI is InChI=1S/C14H15N3O/c18-14(12-4-2-1-3-5-12)16-13-8-15-17(10-13)9-11-6-7-11/h1-5,8,10-11H,6-7,9H2,(H,16,18). The van der Waals surface area contributed by atoms with Crippen molar-refractivity contribution in [3.8, 4) is 0 Å². The number of amides is 1. The molecule has 1 fully saturated rings. The first-order valence-electron chi connectivity index (χ1n) is 6.20. The molecule has 0 atom stereocenters. The van der Waals surface area contributed by atoms with Gasteiger partial charge in [-0.05, 0) is 30.9 Å². The van der Waals surface area contributed by atoms with Crippen LogP contribution in [-0.4, -0.2) is 15.7 Å². The molecule has 0 bridgehead atoms. The molecule has 4 nitrogen and oxygen atoms in total. The number of benzene rings is 1. The zero-order chi connectivity index (χ0) is 12.4. The Morgan fingerprint density at radius 3 is 2.83 bits per heavy atom. The van der Waals surface area contributed by atoms with Crippen LogP contribution in [0.1, 0.15) is 23.2 Å². The largest absolute Gasteiger partial charge is 0.319 e. The second-order valence-corrected chi connectivity index (χ2v) is 4.71. The lowest BCUT2D eigenvalue weighted by molar-refractivity contribution is 0.102. The van der Waals surface area contributed by atoms with Gasteiger partial charge in [0.2, 0.25) is 0 Å². The van der Waals surface area contributed by atoms with E-state index in [0.717, 1.165) is 18.2 Å². The molecular weight excluding hydrogens is 226 g/mol. The van der Waals surface area contributed by atoms with Gasteiger partial charge < -0.3 is 5.32 Å². The fourth-order valence-corrected chi connectivity index (χ4v) is 1.89. The van der Waals surface area contributed by atoms with Crippen LogP contribution in [0.25, 0.3) is 0 Å². The minimum absolute atomic E-state index is 0.0958. The molecule has 2 aromatic rings. The number of carbonyl (C=O) groups excluding carboxylic acids is 1. The molecule has 0 saturated heterocycles. The zero-order valence-corrected chi connectivity index (χ0v) is 10.0. The first kappa shape index (κ1) is 11.0. The highest BCUT2D eigenvalue weighted by Gasteiger charge is 2.22. The van der Waals surface area contributed by atoms with Crippen molar-refractivity contribution < 1.29 is 4.79 Å². The van der Waals surface area contributed by atoms with Crippen LogP contribution in [-0.2, 0) is 6.54 Å². The van der Waals surface area contributed by atoms with E-state index in [-0.39, 0.29) is 5.91 Å². The van der Waals surface area contributed by atoms with Gasteiger partial charge in [0.1, 0.15) is 0 Å². The fraction of sp³-hybridized carbons (Fsp3) is 0.286. The maximum absolute atomic E-state index is 11.9. The molecule has 1 aliphatic carbocycles. The summed E-state index contributed by atoms with van der Waals surface area (Å²) >= 11 is 0. The van der Waals surface area contributed by atoms with Crippen molar-refractivity contribution in [1.29, 1.82) is 0 Å². The van der Waals surface area contributed by atoms with E-state index in [4.69, 9.17) is 0 Å². The van der Waals surface area contributed by atoms with Gasteiger partial charge in [0.25, 0.3) is 5.91 Å². The van der Waals surface area contributed by atoms with Gasteiger partial charge in [-0.25, -0.2) is 0 Å². The summed E-state index contributed by atoms with van der Waals surface area (Å²) in [5.41, 5.74) is 1.41. The highest BCUT2D eigenvalue weighted by Crippen LogP contribution is 2.30. The Hall–Kier alpha value is -2.10. The van der Waals surface area contributed by atoms with Gasteiger partial charge in [0.05, 0.1) is 11.9 Å². The number of rotatable bonds is 4. The number of nitrogens with zero attached hydrogens (tertiary/aromatic N) is 2. The third-order valence-electron chi connectivity index (χ3n) is 3.07. The van der Waals surface area contributed by atoms with E-state index in [1.54, 1.807) is 18.3 Å². The highest BCUT2D eigenvalue weighted by atomic mass is 16.1.